The van der Waals surface area contributed by atoms with Gasteiger partial charge in [0.25, 0.3) is 5.89 Å². The zero-order valence-corrected chi connectivity index (χ0v) is 15.3. The van der Waals surface area contributed by atoms with Crippen molar-refractivity contribution >= 4 is 5.97 Å². The summed E-state index contributed by atoms with van der Waals surface area (Å²) in [6.07, 6.45) is 0. The Morgan fingerprint density at radius 1 is 1.04 bits per heavy atom. The summed E-state index contributed by atoms with van der Waals surface area (Å²) in [5.41, 5.74) is 4.48. The van der Waals surface area contributed by atoms with Gasteiger partial charge in [0.1, 0.15) is 5.82 Å². The fourth-order valence-electron chi connectivity index (χ4n) is 3.40. The molecular weight excluding hydrogens is 335 g/mol. The Morgan fingerprint density at radius 3 is 2.38 bits per heavy atom. The highest BCUT2D eigenvalue weighted by Crippen LogP contribution is 2.32. The largest absolute Gasteiger partial charge is 0.478 e. The molecule has 1 N–H and O–H groups in total. The maximum atomic E-state index is 14.5. The van der Waals surface area contributed by atoms with Gasteiger partial charge < -0.3 is 9.63 Å². The van der Waals surface area contributed by atoms with Crippen LogP contribution in [0.15, 0.2) is 22.7 Å². The zero-order chi connectivity index (χ0) is 19.2. The fraction of sp³-hybridized carbons (Fsp3) is 0.250. The molecule has 0 aliphatic heterocycles. The summed E-state index contributed by atoms with van der Waals surface area (Å²) in [5, 5.41) is 13.4. The predicted molar refractivity (Wildman–Crippen MR) is 95.8 cm³/mol. The molecule has 0 aliphatic rings. The number of rotatable bonds is 3. The lowest BCUT2D eigenvalue weighted by molar-refractivity contribution is 0.0695. The highest BCUT2D eigenvalue weighted by Gasteiger charge is 2.22. The van der Waals surface area contributed by atoms with Gasteiger partial charge in [0, 0.05) is 5.56 Å². The van der Waals surface area contributed by atoms with Crippen LogP contribution in [-0.2, 0) is 0 Å². The molecule has 0 atom stereocenters. The van der Waals surface area contributed by atoms with Gasteiger partial charge in [-0.3, -0.25) is 0 Å². The van der Waals surface area contributed by atoms with E-state index in [1.54, 1.807) is 39.0 Å². The standard InChI is InChI=1S/C20H19FN2O3/c1-9-6-12(4)17(21)14(7-9)19-22-18(23-26-19)15-10(2)8-11(3)16(13(15)5)20(24)25/h6-8H,1-5H3,(H,24,25). The maximum Gasteiger partial charge on any atom is 0.336 e. The second kappa shape index (κ2) is 6.37. The topological polar surface area (TPSA) is 76.2 Å². The van der Waals surface area contributed by atoms with E-state index in [9.17, 15) is 14.3 Å². The molecule has 6 heteroatoms. The minimum Gasteiger partial charge on any atom is -0.478 e. The first-order valence-corrected chi connectivity index (χ1v) is 8.16. The van der Waals surface area contributed by atoms with E-state index in [0.29, 0.717) is 22.3 Å². The van der Waals surface area contributed by atoms with E-state index in [-0.39, 0.29) is 22.8 Å². The molecule has 134 valence electrons. The molecular formula is C20H19FN2O3. The summed E-state index contributed by atoms with van der Waals surface area (Å²) in [6.45, 7) is 8.86. The highest BCUT2D eigenvalue weighted by atomic mass is 19.1. The Bertz CT molecular complexity index is 1040. The Morgan fingerprint density at radius 2 is 1.73 bits per heavy atom. The Labute approximate surface area is 150 Å². The normalized spacial score (nSPS) is 11.0. The van der Waals surface area contributed by atoms with Gasteiger partial charge in [0.2, 0.25) is 5.82 Å². The summed E-state index contributed by atoms with van der Waals surface area (Å²) in [5.74, 6) is -1.10. The van der Waals surface area contributed by atoms with Crippen LogP contribution < -0.4 is 0 Å². The van der Waals surface area contributed by atoms with Crippen molar-refractivity contribution < 1.29 is 18.8 Å². The minimum atomic E-state index is -1.01. The number of carboxylic acid groups (broad SMARTS) is 1. The van der Waals surface area contributed by atoms with Crippen molar-refractivity contribution in [3.05, 3.63) is 57.4 Å². The molecule has 2 aromatic carbocycles. The number of aryl methyl sites for hydroxylation is 4. The van der Waals surface area contributed by atoms with E-state index in [1.165, 1.54) is 0 Å². The number of hydrogen-bond acceptors (Lipinski definition) is 4. The molecule has 0 fully saturated rings. The quantitative estimate of drug-likeness (QED) is 0.732. The second-order valence-electron chi connectivity index (χ2n) is 6.56. The number of aromatic carboxylic acids is 1. The van der Waals surface area contributed by atoms with E-state index in [2.05, 4.69) is 10.1 Å². The first-order chi connectivity index (χ1) is 12.2. The third-order valence-electron chi connectivity index (χ3n) is 4.46. The number of carbonyl (C=O) groups is 1. The minimum absolute atomic E-state index is 0.0700. The molecule has 5 nitrogen and oxygen atoms in total. The number of benzene rings is 2. The SMILES string of the molecule is Cc1cc(C)c(F)c(-c2nc(-c3c(C)cc(C)c(C(=O)O)c3C)no2)c1. The first-order valence-electron chi connectivity index (χ1n) is 8.16. The molecule has 26 heavy (non-hydrogen) atoms. The van der Waals surface area contributed by atoms with Crippen LogP contribution in [0.2, 0.25) is 0 Å². The van der Waals surface area contributed by atoms with E-state index in [4.69, 9.17) is 4.52 Å². The van der Waals surface area contributed by atoms with Crippen LogP contribution in [0.25, 0.3) is 22.8 Å². The number of hydrogen-bond donors (Lipinski definition) is 1. The molecule has 0 bridgehead atoms. The third-order valence-corrected chi connectivity index (χ3v) is 4.46. The smallest absolute Gasteiger partial charge is 0.336 e. The molecule has 0 unspecified atom stereocenters. The van der Waals surface area contributed by atoms with Crippen molar-refractivity contribution in [2.75, 3.05) is 0 Å². The van der Waals surface area contributed by atoms with Gasteiger partial charge in [0.05, 0.1) is 11.1 Å². The average molecular weight is 354 g/mol. The van der Waals surface area contributed by atoms with Crippen LogP contribution in [-0.4, -0.2) is 21.2 Å². The Kier molecular flexibility index (Phi) is 4.36. The molecule has 1 heterocycles. The summed E-state index contributed by atoms with van der Waals surface area (Å²) >= 11 is 0. The highest BCUT2D eigenvalue weighted by molar-refractivity contribution is 5.93. The van der Waals surface area contributed by atoms with Crippen LogP contribution >= 0.6 is 0 Å². The van der Waals surface area contributed by atoms with Gasteiger partial charge in [-0.1, -0.05) is 17.3 Å². The molecule has 0 saturated carbocycles. The van der Waals surface area contributed by atoms with Crippen LogP contribution in [0.4, 0.5) is 4.39 Å². The van der Waals surface area contributed by atoms with Gasteiger partial charge in [-0.05, 0) is 68.5 Å². The number of aromatic nitrogens is 2. The van der Waals surface area contributed by atoms with E-state index < -0.39 is 11.8 Å². The molecule has 1 aromatic heterocycles. The number of carboxylic acids is 1. The predicted octanol–water partition coefficient (Wildman–Crippen LogP) is 4.78. The molecule has 0 radical (unpaired) electrons. The summed E-state index contributed by atoms with van der Waals surface area (Å²) in [7, 11) is 0. The Hall–Kier alpha value is -3.02. The molecule has 0 amide bonds. The molecule has 3 aromatic rings. The lowest BCUT2D eigenvalue weighted by Crippen LogP contribution is -2.06. The fourth-order valence-corrected chi connectivity index (χ4v) is 3.40. The zero-order valence-electron chi connectivity index (χ0n) is 15.3. The average Bonchev–Trinajstić information content (AvgIpc) is 2.99. The van der Waals surface area contributed by atoms with Gasteiger partial charge in [-0.15, -0.1) is 0 Å². The number of halogens is 1. The molecule has 0 saturated heterocycles. The maximum absolute atomic E-state index is 14.5. The van der Waals surface area contributed by atoms with Crippen molar-refractivity contribution in [3.8, 4) is 22.8 Å². The molecule has 3 rings (SSSR count). The lowest BCUT2D eigenvalue weighted by atomic mass is 9.93. The van der Waals surface area contributed by atoms with E-state index >= 15 is 0 Å². The lowest BCUT2D eigenvalue weighted by Gasteiger charge is -2.12. The van der Waals surface area contributed by atoms with Gasteiger partial charge in [0.15, 0.2) is 0 Å². The van der Waals surface area contributed by atoms with Crippen LogP contribution in [0.1, 0.15) is 38.2 Å². The van der Waals surface area contributed by atoms with Crippen molar-refractivity contribution in [2.45, 2.75) is 34.6 Å². The second-order valence-corrected chi connectivity index (χ2v) is 6.56. The summed E-state index contributed by atoms with van der Waals surface area (Å²) in [4.78, 5) is 15.9. The van der Waals surface area contributed by atoms with Crippen LogP contribution in [0.3, 0.4) is 0 Å². The summed E-state index contributed by atoms with van der Waals surface area (Å²) < 4.78 is 19.7. The number of nitrogens with zero attached hydrogens (tertiary/aromatic N) is 2. The van der Waals surface area contributed by atoms with Crippen LogP contribution in [0.5, 0.6) is 0 Å². The first kappa shape index (κ1) is 17.8. The van der Waals surface area contributed by atoms with Crippen molar-refractivity contribution in [3.63, 3.8) is 0 Å². The van der Waals surface area contributed by atoms with Crippen molar-refractivity contribution in [1.82, 2.24) is 10.1 Å². The van der Waals surface area contributed by atoms with Gasteiger partial charge in [-0.25, -0.2) is 9.18 Å². The monoisotopic (exact) mass is 354 g/mol. The Balaban J connectivity index is 2.18. The van der Waals surface area contributed by atoms with Gasteiger partial charge >= 0.3 is 5.97 Å². The third kappa shape index (κ3) is 2.87. The van der Waals surface area contributed by atoms with Gasteiger partial charge in [-0.2, -0.15) is 4.98 Å². The summed E-state index contributed by atoms with van der Waals surface area (Å²) in [6, 6.07) is 5.17. The van der Waals surface area contributed by atoms with Crippen LogP contribution in [0, 0.1) is 40.4 Å². The van der Waals surface area contributed by atoms with Crippen molar-refractivity contribution in [1.29, 1.82) is 0 Å². The van der Waals surface area contributed by atoms with E-state index in [0.717, 1.165) is 11.1 Å². The van der Waals surface area contributed by atoms with Crippen molar-refractivity contribution in [2.24, 2.45) is 0 Å². The molecule has 0 aliphatic carbocycles. The van der Waals surface area contributed by atoms with E-state index in [1.807, 2.05) is 13.8 Å². The molecule has 0 spiro atoms.